The van der Waals surface area contributed by atoms with Crippen LogP contribution in [0.25, 0.3) is 93.3 Å². The number of benzene rings is 9. The Balaban J connectivity index is 1.10. The van der Waals surface area contributed by atoms with E-state index in [1.807, 2.05) is 18.2 Å². The molecule has 262 valence electrons. The molecule has 0 aliphatic rings. The third-order valence-corrected chi connectivity index (χ3v) is 11.4. The summed E-state index contributed by atoms with van der Waals surface area (Å²) in [5.41, 5.74) is 12.5. The predicted molar refractivity (Wildman–Crippen MR) is 233 cm³/mol. The maximum absolute atomic E-state index is 6.69. The summed E-state index contributed by atoms with van der Waals surface area (Å²) in [7, 11) is 0. The zero-order valence-corrected chi connectivity index (χ0v) is 30.2. The van der Waals surface area contributed by atoms with Crippen molar-refractivity contribution in [3.8, 4) is 16.8 Å². The molecule has 4 nitrogen and oxygen atoms in total. The summed E-state index contributed by atoms with van der Waals surface area (Å²) in [4.78, 5) is 2.31. The summed E-state index contributed by atoms with van der Waals surface area (Å²) in [6, 6.07) is 69.0. The van der Waals surface area contributed by atoms with Crippen LogP contribution in [0.4, 0.5) is 17.1 Å². The Morgan fingerprint density at radius 1 is 0.357 bits per heavy atom. The summed E-state index contributed by atoms with van der Waals surface area (Å²) in [6.07, 6.45) is 0. The standard InChI is InChI=1S/C52H32N2O2/c1-2-15-34(16-3-1)53(37-29-30-48-43(31-37)39-18-7-10-23-46(39)55-48)35-25-27-36(28-26-35)54-44-22-9-6-19-41(44)50-45(54)32-49-51(42-20-8-11-24-47(42)56-49)52(50)40-21-12-14-33-13-4-5-17-38(33)40/h1-32H. The highest BCUT2D eigenvalue weighted by Crippen LogP contribution is 2.48. The molecule has 56 heavy (non-hydrogen) atoms. The maximum atomic E-state index is 6.69. The number of fused-ring (bicyclic) bond motifs is 10. The predicted octanol–water partition coefficient (Wildman–Crippen LogP) is 14.9. The molecule has 9 aromatic carbocycles. The van der Waals surface area contributed by atoms with E-state index in [1.165, 1.54) is 32.7 Å². The van der Waals surface area contributed by atoms with Crippen LogP contribution in [0.5, 0.6) is 0 Å². The summed E-state index contributed by atoms with van der Waals surface area (Å²) in [6.45, 7) is 0. The first-order valence-electron chi connectivity index (χ1n) is 19.0. The Labute approximate surface area is 321 Å². The number of aromatic nitrogens is 1. The summed E-state index contributed by atoms with van der Waals surface area (Å²) in [5.74, 6) is 0. The molecule has 3 aromatic heterocycles. The zero-order chi connectivity index (χ0) is 36.7. The molecule has 0 spiro atoms. The topological polar surface area (TPSA) is 34.5 Å². The van der Waals surface area contributed by atoms with Gasteiger partial charge in [-0.25, -0.2) is 0 Å². The lowest BCUT2D eigenvalue weighted by Gasteiger charge is -2.26. The van der Waals surface area contributed by atoms with Crippen LogP contribution in [0.1, 0.15) is 0 Å². The number of rotatable bonds is 5. The second kappa shape index (κ2) is 12.0. The van der Waals surface area contributed by atoms with Gasteiger partial charge in [-0.3, -0.25) is 0 Å². The van der Waals surface area contributed by atoms with Gasteiger partial charge in [0.2, 0.25) is 0 Å². The van der Waals surface area contributed by atoms with Crippen molar-refractivity contribution < 1.29 is 8.83 Å². The SMILES string of the molecule is c1ccc(N(c2ccc(-n3c4ccccc4c4c(-c5cccc6ccccc56)c5c(cc43)oc3ccccc35)cc2)c2ccc3oc4ccccc4c3c2)cc1. The van der Waals surface area contributed by atoms with Gasteiger partial charge in [0.25, 0.3) is 0 Å². The van der Waals surface area contributed by atoms with E-state index in [4.69, 9.17) is 8.83 Å². The Hall–Kier alpha value is -7.56. The fourth-order valence-electron chi connectivity index (χ4n) is 8.95. The van der Waals surface area contributed by atoms with Gasteiger partial charge in [0.05, 0.1) is 11.0 Å². The minimum atomic E-state index is 0.875. The molecule has 0 fully saturated rings. The van der Waals surface area contributed by atoms with Crippen LogP contribution in [-0.4, -0.2) is 4.57 Å². The van der Waals surface area contributed by atoms with Crippen molar-refractivity contribution in [3.05, 3.63) is 194 Å². The van der Waals surface area contributed by atoms with Gasteiger partial charge in [0.1, 0.15) is 22.3 Å². The number of hydrogen-bond donors (Lipinski definition) is 0. The highest BCUT2D eigenvalue weighted by atomic mass is 16.3. The molecule has 4 heteroatoms. The van der Waals surface area contributed by atoms with E-state index in [-0.39, 0.29) is 0 Å². The Morgan fingerprint density at radius 3 is 1.80 bits per heavy atom. The molecule has 0 amide bonds. The summed E-state index contributed by atoms with van der Waals surface area (Å²) in [5, 5.41) is 9.32. The minimum Gasteiger partial charge on any atom is -0.456 e. The van der Waals surface area contributed by atoms with Gasteiger partial charge in [0, 0.05) is 66.7 Å². The fourth-order valence-corrected chi connectivity index (χ4v) is 8.95. The van der Waals surface area contributed by atoms with Crippen LogP contribution in [0, 0.1) is 0 Å². The Morgan fingerprint density at radius 2 is 0.964 bits per heavy atom. The van der Waals surface area contributed by atoms with Gasteiger partial charge in [-0.15, -0.1) is 0 Å². The highest BCUT2D eigenvalue weighted by molar-refractivity contribution is 6.28. The molecule has 0 saturated heterocycles. The Bertz CT molecular complexity index is 3470. The summed E-state index contributed by atoms with van der Waals surface area (Å²) < 4.78 is 15.3. The number of para-hydroxylation sites is 4. The lowest BCUT2D eigenvalue weighted by Crippen LogP contribution is -2.09. The molecule has 0 radical (unpaired) electrons. The highest BCUT2D eigenvalue weighted by Gasteiger charge is 2.24. The van der Waals surface area contributed by atoms with Crippen LogP contribution in [-0.2, 0) is 0 Å². The van der Waals surface area contributed by atoms with Crippen molar-refractivity contribution in [1.29, 1.82) is 0 Å². The second-order valence-corrected chi connectivity index (χ2v) is 14.5. The molecule has 12 rings (SSSR count). The molecule has 0 saturated carbocycles. The van der Waals surface area contributed by atoms with Crippen molar-refractivity contribution in [2.75, 3.05) is 4.90 Å². The molecule has 0 aliphatic heterocycles. The van der Waals surface area contributed by atoms with E-state index in [0.29, 0.717) is 0 Å². The normalized spacial score (nSPS) is 11.9. The molecule has 0 atom stereocenters. The monoisotopic (exact) mass is 716 g/mol. The first kappa shape index (κ1) is 30.9. The number of nitrogens with zero attached hydrogens (tertiary/aromatic N) is 2. The van der Waals surface area contributed by atoms with Gasteiger partial charge in [-0.2, -0.15) is 0 Å². The average molecular weight is 717 g/mol. The molecule has 0 unspecified atom stereocenters. The van der Waals surface area contributed by atoms with Gasteiger partial charge in [-0.1, -0.05) is 115 Å². The minimum absolute atomic E-state index is 0.875. The first-order valence-corrected chi connectivity index (χ1v) is 19.0. The van der Waals surface area contributed by atoms with E-state index >= 15 is 0 Å². The molecule has 3 heterocycles. The average Bonchev–Trinajstić information content (AvgIpc) is 3.93. The zero-order valence-electron chi connectivity index (χ0n) is 30.2. The van der Waals surface area contributed by atoms with E-state index in [2.05, 4.69) is 185 Å². The first-order chi connectivity index (χ1) is 27.8. The molecule has 12 aromatic rings. The Kier molecular flexibility index (Phi) is 6.60. The smallest absolute Gasteiger partial charge is 0.138 e. The largest absolute Gasteiger partial charge is 0.456 e. The van der Waals surface area contributed by atoms with Crippen LogP contribution < -0.4 is 4.90 Å². The quantitative estimate of drug-likeness (QED) is 0.178. The van der Waals surface area contributed by atoms with Gasteiger partial charge >= 0.3 is 0 Å². The van der Waals surface area contributed by atoms with E-state index in [1.54, 1.807) is 0 Å². The van der Waals surface area contributed by atoms with E-state index in [9.17, 15) is 0 Å². The van der Waals surface area contributed by atoms with Crippen molar-refractivity contribution in [2.45, 2.75) is 0 Å². The lowest BCUT2D eigenvalue weighted by atomic mass is 9.91. The van der Waals surface area contributed by atoms with E-state index < -0.39 is 0 Å². The number of anilines is 3. The van der Waals surface area contributed by atoms with Gasteiger partial charge in [-0.05, 0) is 89.1 Å². The lowest BCUT2D eigenvalue weighted by molar-refractivity contribution is 0.668. The van der Waals surface area contributed by atoms with E-state index in [0.717, 1.165) is 77.7 Å². The summed E-state index contributed by atoms with van der Waals surface area (Å²) >= 11 is 0. The van der Waals surface area contributed by atoms with Gasteiger partial charge in [0.15, 0.2) is 0 Å². The van der Waals surface area contributed by atoms with Crippen LogP contribution in [0.3, 0.4) is 0 Å². The number of hydrogen-bond acceptors (Lipinski definition) is 3. The third-order valence-electron chi connectivity index (χ3n) is 11.4. The molecular weight excluding hydrogens is 685 g/mol. The number of furan rings is 2. The van der Waals surface area contributed by atoms with Crippen molar-refractivity contribution in [1.82, 2.24) is 4.57 Å². The molecular formula is C52H32N2O2. The van der Waals surface area contributed by atoms with Crippen molar-refractivity contribution in [3.63, 3.8) is 0 Å². The van der Waals surface area contributed by atoms with Crippen molar-refractivity contribution >= 4 is 93.5 Å². The third kappa shape index (κ3) is 4.53. The maximum Gasteiger partial charge on any atom is 0.138 e. The van der Waals surface area contributed by atoms with Gasteiger partial charge < -0.3 is 18.3 Å². The van der Waals surface area contributed by atoms with Crippen LogP contribution in [0.15, 0.2) is 203 Å². The fraction of sp³-hybridized carbons (Fsp3) is 0. The molecule has 0 aliphatic carbocycles. The molecule has 0 bridgehead atoms. The second-order valence-electron chi connectivity index (χ2n) is 14.5. The van der Waals surface area contributed by atoms with Crippen LogP contribution in [0.2, 0.25) is 0 Å². The van der Waals surface area contributed by atoms with Crippen molar-refractivity contribution in [2.24, 2.45) is 0 Å². The van der Waals surface area contributed by atoms with Crippen LogP contribution >= 0.6 is 0 Å². The molecule has 0 N–H and O–H groups in total.